The lowest BCUT2D eigenvalue weighted by molar-refractivity contribution is 0.240. The van der Waals surface area contributed by atoms with Crippen LogP contribution in [0.1, 0.15) is 23.2 Å². The molecule has 0 bridgehead atoms. The summed E-state index contributed by atoms with van der Waals surface area (Å²) in [4.78, 5) is 18.7. The van der Waals surface area contributed by atoms with Crippen LogP contribution in [0, 0.1) is 6.92 Å². The van der Waals surface area contributed by atoms with Crippen molar-refractivity contribution in [2.45, 2.75) is 32.7 Å². The fourth-order valence-corrected chi connectivity index (χ4v) is 3.71. The van der Waals surface area contributed by atoms with Gasteiger partial charge in [0.05, 0.1) is 10.7 Å². The SMILES string of the molecule is Cc1nc(CCNC(=O)NC[C@H](C)N2CCc3ccccc32)cs1. The van der Waals surface area contributed by atoms with Gasteiger partial charge in [-0.05, 0) is 31.9 Å². The van der Waals surface area contributed by atoms with Crippen molar-refractivity contribution >= 4 is 23.1 Å². The minimum Gasteiger partial charge on any atom is -0.366 e. The molecule has 2 N–H and O–H groups in total. The van der Waals surface area contributed by atoms with Crippen molar-refractivity contribution in [2.24, 2.45) is 0 Å². The van der Waals surface area contributed by atoms with Crippen LogP contribution >= 0.6 is 11.3 Å². The Morgan fingerprint density at radius 1 is 1.38 bits per heavy atom. The molecule has 0 aliphatic carbocycles. The quantitative estimate of drug-likeness (QED) is 0.847. The number of nitrogens with one attached hydrogen (secondary N) is 2. The molecule has 1 aliphatic heterocycles. The van der Waals surface area contributed by atoms with E-state index in [4.69, 9.17) is 0 Å². The number of aromatic nitrogens is 1. The Hall–Kier alpha value is -2.08. The summed E-state index contributed by atoms with van der Waals surface area (Å²) < 4.78 is 0. The molecule has 3 rings (SSSR count). The Kier molecular flexibility index (Phi) is 5.35. The standard InChI is InChI=1S/C18H24N4OS/c1-13(22-10-8-15-5-3-4-6-17(15)22)11-20-18(23)19-9-7-16-12-24-14(2)21-16/h3-6,12-13H,7-11H2,1-2H3,(H2,19,20,23)/t13-/m0/s1. The van der Waals surface area contributed by atoms with Crippen molar-refractivity contribution in [3.05, 3.63) is 45.9 Å². The molecule has 0 saturated heterocycles. The van der Waals surface area contributed by atoms with Gasteiger partial charge in [-0.3, -0.25) is 0 Å². The molecule has 128 valence electrons. The fraction of sp³-hybridized carbons (Fsp3) is 0.444. The van der Waals surface area contributed by atoms with Gasteiger partial charge in [-0.15, -0.1) is 11.3 Å². The van der Waals surface area contributed by atoms with Gasteiger partial charge in [-0.2, -0.15) is 0 Å². The molecule has 2 aromatic rings. The number of carbonyl (C=O) groups excluding carboxylic acids is 1. The number of fused-ring (bicyclic) bond motifs is 1. The van der Waals surface area contributed by atoms with E-state index < -0.39 is 0 Å². The second kappa shape index (κ2) is 7.66. The number of benzene rings is 1. The fourth-order valence-electron chi connectivity index (χ4n) is 3.06. The first-order chi connectivity index (χ1) is 11.6. The maximum atomic E-state index is 11.9. The third-order valence-corrected chi connectivity index (χ3v) is 5.17. The zero-order chi connectivity index (χ0) is 16.9. The van der Waals surface area contributed by atoms with Gasteiger partial charge in [-0.25, -0.2) is 9.78 Å². The van der Waals surface area contributed by atoms with Crippen LogP contribution in [0.15, 0.2) is 29.6 Å². The van der Waals surface area contributed by atoms with E-state index in [0.717, 1.165) is 30.1 Å². The van der Waals surface area contributed by atoms with Gasteiger partial charge in [0, 0.05) is 43.2 Å². The highest BCUT2D eigenvalue weighted by atomic mass is 32.1. The molecule has 1 atom stereocenters. The number of anilines is 1. The molecule has 1 aliphatic rings. The highest BCUT2D eigenvalue weighted by molar-refractivity contribution is 7.09. The van der Waals surface area contributed by atoms with Gasteiger partial charge in [0.2, 0.25) is 0 Å². The van der Waals surface area contributed by atoms with E-state index in [-0.39, 0.29) is 12.1 Å². The van der Waals surface area contributed by atoms with Gasteiger partial charge >= 0.3 is 6.03 Å². The molecule has 0 unspecified atom stereocenters. The van der Waals surface area contributed by atoms with Crippen molar-refractivity contribution in [3.63, 3.8) is 0 Å². The number of nitrogens with zero attached hydrogens (tertiary/aromatic N) is 2. The molecule has 2 amide bonds. The van der Waals surface area contributed by atoms with Crippen molar-refractivity contribution in [2.75, 3.05) is 24.5 Å². The molecule has 0 spiro atoms. The van der Waals surface area contributed by atoms with Gasteiger partial charge in [0.15, 0.2) is 0 Å². The molecule has 1 aromatic carbocycles. The Labute approximate surface area is 147 Å². The Morgan fingerprint density at radius 3 is 3.00 bits per heavy atom. The summed E-state index contributed by atoms with van der Waals surface area (Å²) in [6.45, 7) is 6.41. The molecule has 2 heterocycles. The summed E-state index contributed by atoms with van der Waals surface area (Å²) in [5.41, 5.74) is 3.73. The van der Waals surface area contributed by atoms with E-state index in [0.29, 0.717) is 13.1 Å². The van der Waals surface area contributed by atoms with Crippen LogP contribution in [0.5, 0.6) is 0 Å². The number of hydrogen-bond acceptors (Lipinski definition) is 4. The van der Waals surface area contributed by atoms with E-state index in [1.807, 2.05) is 12.3 Å². The summed E-state index contributed by atoms with van der Waals surface area (Å²) in [5, 5.41) is 8.98. The lowest BCUT2D eigenvalue weighted by atomic mass is 10.2. The van der Waals surface area contributed by atoms with Crippen LogP contribution < -0.4 is 15.5 Å². The second-order valence-electron chi connectivity index (χ2n) is 6.17. The highest BCUT2D eigenvalue weighted by Crippen LogP contribution is 2.28. The maximum Gasteiger partial charge on any atom is 0.314 e. The van der Waals surface area contributed by atoms with Crippen LogP contribution in [0.4, 0.5) is 10.5 Å². The lowest BCUT2D eigenvalue weighted by Crippen LogP contribution is -2.45. The zero-order valence-electron chi connectivity index (χ0n) is 14.2. The third kappa shape index (κ3) is 4.06. The van der Waals surface area contributed by atoms with Crippen LogP contribution in [0.25, 0.3) is 0 Å². The first-order valence-electron chi connectivity index (χ1n) is 8.41. The molecule has 0 radical (unpaired) electrons. The predicted molar refractivity (Wildman–Crippen MR) is 98.9 cm³/mol. The summed E-state index contributed by atoms with van der Waals surface area (Å²) in [7, 11) is 0. The van der Waals surface area contributed by atoms with Gasteiger partial charge in [-0.1, -0.05) is 18.2 Å². The van der Waals surface area contributed by atoms with Crippen molar-refractivity contribution in [1.82, 2.24) is 15.6 Å². The maximum absolute atomic E-state index is 11.9. The van der Waals surface area contributed by atoms with Gasteiger partial charge in [0.1, 0.15) is 0 Å². The number of amides is 2. The summed E-state index contributed by atoms with van der Waals surface area (Å²) >= 11 is 1.64. The normalized spacial score (nSPS) is 14.3. The third-order valence-electron chi connectivity index (χ3n) is 4.35. The monoisotopic (exact) mass is 344 g/mol. The van der Waals surface area contributed by atoms with Crippen molar-refractivity contribution in [3.8, 4) is 0 Å². The summed E-state index contributed by atoms with van der Waals surface area (Å²) in [5.74, 6) is 0. The number of aryl methyl sites for hydroxylation is 1. The number of urea groups is 1. The Morgan fingerprint density at radius 2 is 2.21 bits per heavy atom. The van der Waals surface area contributed by atoms with E-state index in [1.54, 1.807) is 11.3 Å². The average Bonchev–Trinajstić information content (AvgIpc) is 3.19. The lowest BCUT2D eigenvalue weighted by Gasteiger charge is -2.27. The molecule has 6 heteroatoms. The highest BCUT2D eigenvalue weighted by Gasteiger charge is 2.22. The number of hydrogen-bond donors (Lipinski definition) is 2. The van der Waals surface area contributed by atoms with Crippen molar-refractivity contribution in [1.29, 1.82) is 0 Å². The number of rotatable bonds is 6. The zero-order valence-corrected chi connectivity index (χ0v) is 15.0. The number of para-hydroxylation sites is 1. The number of thiazole rings is 1. The molecular weight excluding hydrogens is 320 g/mol. The largest absolute Gasteiger partial charge is 0.366 e. The van der Waals surface area contributed by atoms with Gasteiger partial charge in [0.25, 0.3) is 0 Å². The van der Waals surface area contributed by atoms with Crippen molar-refractivity contribution < 1.29 is 4.79 Å². The van der Waals surface area contributed by atoms with Crippen LogP contribution in [-0.4, -0.2) is 36.7 Å². The molecule has 24 heavy (non-hydrogen) atoms. The minimum absolute atomic E-state index is 0.110. The van der Waals surface area contributed by atoms with Gasteiger partial charge < -0.3 is 15.5 Å². The van der Waals surface area contributed by atoms with E-state index >= 15 is 0 Å². The smallest absolute Gasteiger partial charge is 0.314 e. The topological polar surface area (TPSA) is 57.3 Å². The van der Waals surface area contributed by atoms with E-state index in [2.05, 4.69) is 51.7 Å². The second-order valence-corrected chi connectivity index (χ2v) is 7.23. The minimum atomic E-state index is -0.110. The van der Waals surface area contributed by atoms with Crippen LogP contribution in [0.2, 0.25) is 0 Å². The van der Waals surface area contributed by atoms with Crippen LogP contribution in [0.3, 0.4) is 0 Å². The first kappa shape index (κ1) is 16.8. The molecule has 0 fully saturated rings. The number of carbonyl (C=O) groups is 1. The Balaban J connectivity index is 1.40. The average molecular weight is 344 g/mol. The summed E-state index contributed by atoms with van der Waals surface area (Å²) in [6, 6.07) is 8.67. The molecule has 0 saturated carbocycles. The molecule has 1 aromatic heterocycles. The van der Waals surface area contributed by atoms with E-state index in [9.17, 15) is 4.79 Å². The Bertz CT molecular complexity index is 700. The molecular formula is C18H24N4OS. The molecule has 5 nitrogen and oxygen atoms in total. The van der Waals surface area contributed by atoms with Crippen LogP contribution in [-0.2, 0) is 12.8 Å². The predicted octanol–water partition coefficient (Wildman–Crippen LogP) is 2.74. The van der Waals surface area contributed by atoms with E-state index in [1.165, 1.54) is 11.3 Å². The summed E-state index contributed by atoms with van der Waals surface area (Å²) in [6.07, 6.45) is 1.85. The first-order valence-corrected chi connectivity index (χ1v) is 9.28.